The SMILES string of the molecule is CC(C)(C)OC(=O)NCCC(=O)Nc1ccc(CNC(=O)CCCN2C(=O)c3ccc([N+](=O)[O-])cc3C2=O)cc1. The number of ether oxygens (including phenoxy) is 1. The highest BCUT2D eigenvalue weighted by Gasteiger charge is 2.36. The van der Waals surface area contributed by atoms with E-state index in [0.29, 0.717) is 5.69 Å². The number of benzene rings is 2. The largest absolute Gasteiger partial charge is 0.444 e. The highest BCUT2D eigenvalue weighted by atomic mass is 16.6. The molecule has 0 spiro atoms. The second kappa shape index (κ2) is 12.8. The van der Waals surface area contributed by atoms with Gasteiger partial charge in [0.1, 0.15) is 5.60 Å². The first kappa shape index (κ1) is 29.7. The van der Waals surface area contributed by atoms with E-state index in [0.717, 1.165) is 16.5 Å². The summed E-state index contributed by atoms with van der Waals surface area (Å²) >= 11 is 0. The van der Waals surface area contributed by atoms with Crippen LogP contribution < -0.4 is 16.0 Å². The first-order chi connectivity index (χ1) is 18.8. The summed E-state index contributed by atoms with van der Waals surface area (Å²) in [5.74, 6) is -1.71. The van der Waals surface area contributed by atoms with Crippen molar-refractivity contribution in [2.24, 2.45) is 0 Å². The number of hydrogen-bond acceptors (Lipinski definition) is 8. The summed E-state index contributed by atoms with van der Waals surface area (Å²) in [7, 11) is 0. The van der Waals surface area contributed by atoms with Crippen molar-refractivity contribution >= 4 is 41.1 Å². The molecule has 5 amide bonds. The number of hydrogen-bond donors (Lipinski definition) is 3. The van der Waals surface area contributed by atoms with Gasteiger partial charge in [0, 0.05) is 50.3 Å². The first-order valence-corrected chi connectivity index (χ1v) is 12.6. The minimum atomic E-state index is -0.635. The number of nitro groups is 1. The van der Waals surface area contributed by atoms with Gasteiger partial charge in [0.05, 0.1) is 16.1 Å². The number of fused-ring (bicyclic) bond motifs is 1. The molecule has 13 nitrogen and oxygen atoms in total. The first-order valence-electron chi connectivity index (χ1n) is 12.6. The zero-order valence-corrected chi connectivity index (χ0v) is 22.4. The molecular weight excluding hydrogens is 522 g/mol. The molecule has 13 heteroatoms. The van der Waals surface area contributed by atoms with Crippen molar-refractivity contribution in [1.29, 1.82) is 0 Å². The Kier molecular flexibility index (Phi) is 9.54. The highest BCUT2D eigenvalue weighted by Crippen LogP contribution is 2.27. The fourth-order valence-electron chi connectivity index (χ4n) is 3.80. The van der Waals surface area contributed by atoms with E-state index < -0.39 is 28.4 Å². The van der Waals surface area contributed by atoms with Gasteiger partial charge in [-0.25, -0.2) is 4.79 Å². The third-order valence-corrected chi connectivity index (χ3v) is 5.70. The molecule has 0 saturated heterocycles. The molecule has 3 N–H and O–H groups in total. The standard InChI is InChI=1S/C27H31N5O8/c1-27(2,3)40-26(37)28-13-12-23(34)30-18-8-6-17(7-9-18)16-29-22(33)5-4-14-31-24(35)20-11-10-19(32(38)39)15-21(20)25(31)36/h6-11,15H,4-5,12-14,16H2,1-3H3,(H,28,37)(H,29,33)(H,30,34). The molecule has 40 heavy (non-hydrogen) atoms. The summed E-state index contributed by atoms with van der Waals surface area (Å²) in [4.78, 5) is 72.3. The average Bonchev–Trinajstić information content (AvgIpc) is 3.11. The molecule has 0 radical (unpaired) electrons. The normalized spacial score (nSPS) is 12.5. The van der Waals surface area contributed by atoms with Gasteiger partial charge in [0.15, 0.2) is 0 Å². The van der Waals surface area contributed by atoms with E-state index >= 15 is 0 Å². The summed E-state index contributed by atoms with van der Waals surface area (Å²) < 4.78 is 5.11. The van der Waals surface area contributed by atoms with Crippen molar-refractivity contribution in [2.45, 2.75) is 52.2 Å². The Bertz CT molecular complexity index is 1320. The van der Waals surface area contributed by atoms with Gasteiger partial charge in [-0.2, -0.15) is 0 Å². The van der Waals surface area contributed by atoms with Crippen LogP contribution in [0, 0.1) is 10.1 Å². The van der Waals surface area contributed by atoms with Crippen LogP contribution >= 0.6 is 0 Å². The monoisotopic (exact) mass is 553 g/mol. The van der Waals surface area contributed by atoms with Crippen LogP contribution in [-0.4, -0.2) is 58.2 Å². The van der Waals surface area contributed by atoms with Crippen molar-refractivity contribution in [3.05, 3.63) is 69.3 Å². The third kappa shape index (κ3) is 8.35. The van der Waals surface area contributed by atoms with Crippen molar-refractivity contribution in [1.82, 2.24) is 15.5 Å². The smallest absolute Gasteiger partial charge is 0.407 e. The van der Waals surface area contributed by atoms with Crippen LogP contribution in [0.25, 0.3) is 0 Å². The Balaban J connectivity index is 1.36. The maximum Gasteiger partial charge on any atom is 0.407 e. The summed E-state index contributed by atoms with van der Waals surface area (Å²) in [6.45, 7) is 5.61. The Morgan fingerprint density at radius 2 is 1.60 bits per heavy atom. The lowest BCUT2D eigenvalue weighted by Gasteiger charge is -2.19. The molecule has 1 aliphatic rings. The van der Waals surface area contributed by atoms with Crippen LogP contribution in [0.1, 0.15) is 66.3 Å². The molecule has 0 aliphatic carbocycles. The number of non-ortho nitro benzene ring substituents is 1. The minimum Gasteiger partial charge on any atom is -0.444 e. The van der Waals surface area contributed by atoms with E-state index in [1.54, 1.807) is 45.0 Å². The second-order valence-electron chi connectivity index (χ2n) is 10.1. The second-order valence-corrected chi connectivity index (χ2v) is 10.1. The minimum absolute atomic E-state index is 0.00918. The van der Waals surface area contributed by atoms with E-state index in [2.05, 4.69) is 16.0 Å². The zero-order chi connectivity index (χ0) is 29.4. The number of carbonyl (C=O) groups is 5. The Labute approximate surface area is 230 Å². The third-order valence-electron chi connectivity index (χ3n) is 5.70. The molecule has 0 bridgehead atoms. The quantitative estimate of drug-likeness (QED) is 0.216. The number of imide groups is 1. The highest BCUT2D eigenvalue weighted by molar-refractivity contribution is 6.21. The number of amides is 5. The Morgan fingerprint density at radius 1 is 0.925 bits per heavy atom. The average molecular weight is 554 g/mol. The van der Waals surface area contributed by atoms with Gasteiger partial charge in [-0.15, -0.1) is 0 Å². The summed E-state index contributed by atoms with van der Waals surface area (Å²) in [5.41, 5.74) is 0.551. The van der Waals surface area contributed by atoms with Crippen molar-refractivity contribution < 1.29 is 33.6 Å². The van der Waals surface area contributed by atoms with E-state index in [1.807, 2.05) is 0 Å². The van der Waals surface area contributed by atoms with Crippen LogP contribution in [0.5, 0.6) is 0 Å². The lowest BCUT2D eigenvalue weighted by Crippen LogP contribution is -2.34. The lowest BCUT2D eigenvalue weighted by molar-refractivity contribution is -0.384. The topological polar surface area (TPSA) is 177 Å². The number of alkyl carbamates (subject to hydrolysis) is 1. The molecule has 0 fully saturated rings. The number of rotatable bonds is 11. The predicted molar refractivity (Wildman–Crippen MR) is 143 cm³/mol. The van der Waals surface area contributed by atoms with Gasteiger partial charge in [0.25, 0.3) is 17.5 Å². The van der Waals surface area contributed by atoms with Crippen molar-refractivity contribution in [3.8, 4) is 0 Å². The van der Waals surface area contributed by atoms with E-state index in [9.17, 15) is 34.1 Å². The summed E-state index contributed by atoms with van der Waals surface area (Å²) in [6, 6.07) is 10.4. The van der Waals surface area contributed by atoms with Crippen LogP contribution in [0.3, 0.4) is 0 Å². The number of anilines is 1. The Morgan fingerprint density at radius 3 is 2.25 bits per heavy atom. The van der Waals surface area contributed by atoms with E-state index in [-0.39, 0.29) is 67.5 Å². The van der Waals surface area contributed by atoms with Crippen molar-refractivity contribution in [3.63, 3.8) is 0 Å². The van der Waals surface area contributed by atoms with E-state index in [4.69, 9.17) is 4.74 Å². The molecular formula is C27H31N5O8. The fraction of sp³-hybridized carbons (Fsp3) is 0.370. The van der Waals surface area contributed by atoms with E-state index in [1.165, 1.54) is 12.1 Å². The Hall–Kier alpha value is -4.81. The van der Waals surface area contributed by atoms with Crippen LogP contribution in [0.15, 0.2) is 42.5 Å². The molecule has 0 aromatic heterocycles. The fourth-order valence-corrected chi connectivity index (χ4v) is 3.80. The molecule has 0 saturated carbocycles. The van der Waals surface area contributed by atoms with Gasteiger partial charge in [-0.05, 0) is 51.0 Å². The molecule has 2 aromatic rings. The lowest BCUT2D eigenvalue weighted by atomic mass is 10.1. The van der Waals surface area contributed by atoms with Crippen LogP contribution in [-0.2, 0) is 20.9 Å². The van der Waals surface area contributed by atoms with Gasteiger partial charge in [-0.3, -0.25) is 34.2 Å². The van der Waals surface area contributed by atoms with Gasteiger partial charge >= 0.3 is 6.09 Å². The summed E-state index contributed by atoms with van der Waals surface area (Å²) in [5, 5.41) is 18.9. The number of nitrogens with one attached hydrogen (secondary N) is 3. The molecule has 1 heterocycles. The van der Waals surface area contributed by atoms with Gasteiger partial charge < -0.3 is 20.7 Å². The maximum atomic E-state index is 12.5. The summed E-state index contributed by atoms with van der Waals surface area (Å²) in [6.07, 6.45) is -0.229. The van der Waals surface area contributed by atoms with Gasteiger partial charge in [0.2, 0.25) is 11.8 Å². The van der Waals surface area contributed by atoms with Gasteiger partial charge in [-0.1, -0.05) is 12.1 Å². The van der Waals surface area contributed by atoms with Crippen molar-refractivity contribution in [2.75, 3.05) is 18.4 Å². The molecule has 2 aromatic carbocycles. The zero-order valence-electron chi connectivity index (χ0n) is 22.4. The molecule has 3 rings (SSSR count). The molecule has 1 aliphatic heterocycles. The number of nitrogens with zero attached hydrogens (tertiary/aromatic N) is 2. The van der Waals surface area contributed by atoms with Crippen LogP contribution in [0.4, 0.5) is 16.2 Å². The number of carbonyl (C=O) groups excluding carboxylic acids is 5. The van der Waals surface area contributed by atoms with Crippen LogP contribution in [0.2, 0.25) is 0 Å². The molecule has 0 unspecified atom stereocenters. The molecule has 212 valence electrons. The molecule has 0 atom stereocenters. The maximum absolute atomic E-state index is 12.5. The number of nitro benzene ring substituents is 1. The predicted octanol–water partition coefficient (Wildman–Crippen LogP) is 3.14.